The van der Waals surface area contributed by atoms with Gasteiger partial charge >= 0.3 is 0 Å². The van der Waals surface area contributed by atoms with Crippen molar-refractivity contribution in [1.82, 2.24) is 4.90 Å². The van der Waals surface area contributed by atoms with Crippen LogP contribution >= 0.6 is 0 Å². The number of benzene rings is 1. The van der Waals surface area contributed by atoms with Gasteiger partial charge in [0.2, 0.25) is 5.91 Å². The second-order valence-corrected chi connectivity index (χ2v) is 6.15. The minimum atomic E-state index is -0.282. The van der Waals surface area contributed by atoms with E-state index in [1.165, 1.54) is 0 Å². The van der Waals surface area contributed by atoms with Gasteiger partial charge in [0, 0.05) is 19.5 Å². The number of carbonyl (C=O) groups excluding carboxylic acids is 1. The first kappa shape index (κ1) is 17.3. The lowest BCUT2D eigenvalue weighted by Gasteiger charge is -2.31. The molecule has 124 valence electrons. The molecule has 0 radical (unpaired) electrons. The molecule has 0 bridgehead atoms. The van der Waals surface area contributed by atoms with Gasteiger partial charge in [0.1, 0.15) is 11.8 Å². The molecule has 0 saturated heterocycles. The lowest BCUT2D eigenvalue weighted by Crippen LogP contribution is -2.38. The normalized spacial score (nSPS) is 20.6. The van der Waals surface area contributed by atoms with Gasteiger partial charge in [-0.15, -0.1) is 0 Å². The zero-order valence-electron chi connectivity index (χ0n) is 13.6. The Bertz CT molecular complexity index is 550. The summed E-state index contributed by atoms with van der Waals surface area (Å²) in [5.74, 6) is 0.870. The Morgan fingerprint density at radius 3 is 2.70 bits per heavy atom. The third kappa shape index (κ3) is 5.26. The molecule has 2 atom stereocenters. The van der Waals surface area contributed by atoms with Crippen LogP contribution in [0.15, 0.2) is 24.3 Å². The van der Waals surface area contributed by atoms with Crippen molar-refractivity contribution in [3.05, 3.63) is 29.8 Å². The molecule has 5 nitrogen and oxygen atoms in total. The Kier molecular flexibility index (Phi) is 6.42. The highest BCUT2D eigenvalue weighted by Gasteiger charge is 2.25. The van der Waals surface area contributed by atoms with Crippen molar-refractivity contribution >= 4 is 5.91 Å². The molecule has 1 amide bonds. The number of rotatable bonds is 6. The van der Waals surface area contributed by atoms with Crippen LogP contribution in [0.2, 0.25) is 0 Å². The Labute approximate surface area is 137 Å². The summed E-state index contributed by atoms with van der Waals surface area (Å²) in [7, 11) is 1.80. The number of amides is 1. The SMILES string of the molecule is CN(CC1CCCCC1O)C(=O)Cc1ccc(OCC#N)cc1. The number of carbonyl (C=O) groups is 1. The number of aliphatic hydroxyl groups excluding tert-OH is 1. The fraction of sp³-hybridized carbons (Fsp3) is 0.556. The highest BCUT2D eigenvalue weighted by atomic mass is 16.5. The van der Waals surface area contributed by atoms with Crippen LogP contribution in [0.1, 0.15) is 31.2 Å². The summed E-state index contributed by atoms with van der Waals surface area (Å²) < 4.78 is 5.19. The molecule has 2 rings (SSSR count). The van der Waals surface area contributed by atoms with Crippen molar-refractivity contribution in [3.8, 4) is 11.8 Å². The van der Waals surface area contributed by atoms with Crippen molar-refractivity contribution in [1.29, 1.82) is 5.26 Å². The van der Waals surface area contributed by atoms with Gasteiger partial charge in [-0.05, 0) is 30.5 Å². The maximum absolute atomic E-state index is 12.3. The van der Waals surface area contributed by atoms with Crippen LogP contribution in [0.3, 0.4) is 0 Å². The number of hydrogen-bond acceptors (Lipinski definition) is 4. The molecule has 1 saturated carbocycles. The van der Waals surface area contributed by atoms with Gasteiger partial charge in [-0.3, -0.25) is 4.79 Å². The van der Waals surface area contributed by atoms with Crippen LogP contribution < -0.4 is 4.74 Å². The van der Waals surface area contributed by atoms with Crippen LogP contribution in [0, 0.1) is 17.2 Å². The van der Waals surface area contributed by atoms with E-state index < -0.39 is 0 Å². The number of hydrogen-bond donors (Lipinski definition) is 1. The van der Waals surface area contributed by atoms with E-state index in [0.29, 0.717) is 18.7 Å². The monoisotopic (exact) mass is 316 g/mol. The third-order valence-corrected chi connectivity index (χ3v) is 4.39. The van der Waals surface area contributed by atoms with Crippen molar-refractivity contribution in [2.24, 2.45) is 5.92 Å². The van der Waals surface area contributed by atoms with Gasteiger partial charge in [-0.25, -0.2) is 0 Å². The van der Waals surface area contributed by atoms with E-state index in [1.54, 1.807) is 24.1 Å². The Morgan fingerprint density at radius 2 is 2.04 bits per heavy atom. The maximum Gasteiger partial charge on any atom is 0.226 e. The Hall–Kier alpha value is -2.06. The number of nitriles is 1. The molecule has 0 heterocycles. The van der Waals surface area contributed by atoms with Crippen molar-refractivity contribution in [2.75, 3.05) is 20.2 Å². The van der Waals surface area contributed by atoms with E-state index >= 15 is 0 Å². The smallest absolute Gasteiger partial charge is 0.226 e. The molecule has 2 unspecified atom stereocenters. The summed E-state index contributed by atoms with van der Waals surface area (Å²) in [5, 5.41) is 18.5. The average Bonchev–Trinajstić information content (AvgIpc) is 2.56. The van der Waals surface area contributed by atoms with E-state index in [1.807, 2.05) is 18.2 Å². The van der Waals surface area contributed by atoms with Crippen molar-refractivity contribution in [2.45, 2.75) is 38.2 Å². The largest absolute Gasteiger partial charge is 0.479 e. The molecular weight excluding hydrogens is 292 g/mol. The van der Waals surface area contributed by atoms with E-state index in [0.717, 1.165) is 31.2 Å². The first-order valence-electron chi connectivity index (χ1n) is 8.11. The van der Waals surface area contributed by atoms with E-state index in [-0.39, 0.29) is 24.5 Å². The number of ether oxygens (including phenoxy) is 1. The van der Waals surface area contributed by atoms with Gasteiger partial charge in [0.05, 0.1) is 12.5 Å². The molecule has 0 spiro atoms. The number of nitrogens with zero attached hydrogens (tertiary/aromatic N) is 2. The highest BCUT2D eigenvalue weighted by molar-refractivity contribution is 5.78. The predicted molar refractivity (Wildman–Crippen MR) is 86.9 cm³/mol. The summed E-state index contributed by atoms with van der Waals surface area (Å²) in [6.45, 7) is 0.633. The van der Waals surface area contributed by atoms with Gasteiger partial charge < -0.3 is 14.7 Å². The van der Waals surface area contributed by atoms with Crippen LogP contribution in [-0.4, -0.2) is 42.2 Å². The summed E-state index contributed by atoms with van der Waals surface area (Å²) in [4.78, 5) is 14.0. The first-order valence-corrected chi connectivity index (χ1v) is 8.11. The molecule has 1 N–H and O–H groups in total. The second kappa shape index (κ2) is 8.54. The molecule has 1 aromatic rings. The second-order valence-electron chi connectivity index (χ2n) is 6.15. The molecule has 1 aromatic carbocycles. The minimum Gasteiger partial charge on any atom is -0.479 e. The number of aliphatic hydroxyl groups is 1. The first-order chi connectivity index (χ1) is 11.1. The molecule has 1 fully saturated rings. The predicted octanol–water partition coefficient (Wildman–Crippen LogP) is 2.14. The third-order valence-electron chi connectivity index (χ3n) is 4.39. The lowest BCUT2D eigenvalue weighted by atomic mass is 9.86. The molecule has 5 heteroatoms. The summed E-state index contributed by atoms with van der Waals surface area (Å²) in [6, 6.07) is 9.14. The lowest BCUT2D eigenvalue weighted by molar-refractivity contribution is -0.130. The maximum atomic E-state index is 12.3. The van der Waals surface area contributed by atoms with Crippen LogP contribution in [-0.2, 0) is 11.2 Å². The topological polar surface area (TPSA) is 73.6 Å². The zero-order chi connectivity index (χ0) is 16.7. The van der Waals surface area contributed by atoms with E-state index in [9.17, 15) is 9.90 Å². The van der Waals surface area contributed by atoms with Crippen LogP contribution in [0.4, 0.5) is 0 Å². The standard InChI is InChI=1S/C18H24N2O3/c1-20(13-15-4-2-3-5-17(15)21)18(22)12-14-6-8-16(9-7-14)23-11-10-19/h6-9,15,17,21H,2-5,11-13H2,1H3. The zero-order valence-corrected chi connectivity index (χ0v) is 13.6. The fourth-order valence-corrected chi connectivity index (χ4v) is 2.98. The quantitative estimate of drug-likeness (QED) is 0.872. The Balaban J connectivity index is 1.84. The molecule has 1 aliphatic carbocycles. The molecule has 23 heavy (non-hydrogen) atoms. The van der Waals surface area contributed by atoms with Crippen LogP contribution in [0.25, 0.3) is 0 Å². The molecular formula is C18H24N2O3. The summed E-state index contributed by atoms with van der Waals surface area (Å²) in [6.07, 6.45) is 4.09. The molecule has 1 aliphatic rings. The van der Waals surface area contributed by atoms with E-state index in [2.05, 4.69) is 0 Å². The fourth-order valence-electron chi connectivity index (χ4n) is 2.98. The van der Waals surface area contributed by atoms with Crippen LogP contribution in [0.5, 0.6) is 5.75 Å². The average molecular weight is 316 g/mol. The van der Waals surface area contributed by atoms with E-state index in [4.69, 9.17) is 10.00 Å². The van der Waals surface area contributed by atoms with Gasteiger partial charge in [-0.2, -0.15) is 5.26 Å². The minimum absolute atomic E-state index is 0.0186. The van der Waals surface area contributed by atoms with Gasteiger partial charge in [-0.1, -0.05) is 25.0 Å². The molecule has 0 aliphatic heterocycles. The summed E-state index contributed by atoms with van der Waals surface area (Å²) >= 11 is 0. The molecule has 0 aromatic heterocycles. The number of likely N-dealkylation sites (N-methyl/N-ethyl adjacent to an activating group) is 1. The van der Waals surface area contributed by atoms with Crippen molar-refractivity contribution < 1.29 is 14.6 Å². The summed E-state index contributed by atoms with van der Waals surface area (Å²) in [5.41, 5.74) is 0.912. The Morgan fingerprint density at radius 1 is 1.35 bits per heavy atom. The van der Waals surface area contributed by atoms with Crippen molar-refractivity contribution in [3.63, 3.8) is 0 Å². The van der Waals surface area contributed by atoms with Gasteiger partial charge in [0.25, 0.3) is 0 Å². The van der Waals surface area contributed by atoms with Gasteiger partial charge in [0.15, 0.2) is 6.61 Å². The highest BCUT2D eigenvalue weighted by Crippen LogP contribution is 2.25.